The summed E-state index contributed by atoms with van der Waals surface area (Å²) in [6, 6.07) is 10.9. The lowest BCUT2D eigenvalue weighted by Gasteiger charge is -2.35. The highest BCUT2D eigenvalue weighted by molar-refractivity contribution is 6.30. The van der Waals surface area contributed by atoms with Gasteiger partial charge in [-0.3, -0.25) is 4.79 Å². The number of piperazine rings is 1. The van der Waals surface area contributed by atoms with E-state index in [0.717, 1.165) is 11.4 Å². The van der Waals surface area contributed by atoms with Gasteiger partial charge in [-0.15, -0.1) is 0 Å². The van der Waals surface area contributed by atoms with Crippen molar-refractivity contribution in [2.75, 3.05) is 37.7 Å². The zero-order chi connectivity index (χ0) is 23.2. The molecule has 0 unspecified atom stereocenters. The molecule has 9 heteroatoms. The number of amides is 1. The third-order valence-corrected chi connectivity index (χ3v) is 5.70. The van der Waals surface area contributed by atoms with Gasteiger partial charge in [0, 0.05) is 55.8 Å². The first-order valence-corrected chi connectivity index (χ1v) is 11.3. The summed E-state index contributed by atoms with van der Waals surface area (Å²) in [6.07, 6.45) is 3.98. The van der Waals surface area contributed by atoms with Gasteiger partial charge in [-0.05, 0) is 43.3 Å². The van der Waals surface area contributed by atoms with Gasteiger partial charge in [0.2, 0.25) is 5.91 Å². The minimum atomic E-state index is -0.377. The SMILES string of the molecule is CCOC(=O)c1ccc(N2CCN(C(=O)CCc3ncc(-c4ccc(Cl)cc4)o3)CC2)nc1. The molecule has 1 aliphatic heterocycles. The molecule has 0 spiro atoms. The second-order valence-corrected chi connectivity index (χ2v) is 8.05. The van der Waals surface area contributed by atoms with Crippen molar-refractivity contribution >= 4 is 29.3 Å². The van der Waals surface area contributed by atoms with Crippen molar-refractivity contribution in [1.82, 2.24) is 14.9 Å². The van der Waals surface area contributed by atoms with Gasteiger partial charge in [0.05, 0.1) is 18.4 Å². The summed E-state index contributed by atoms with van der Waals surface area (Å²) in [6.45, 7) is 4.68. The van der Waals surface area contributed by atoms with Crippen LogP contribution in [0.4, 0.5) is 5.82 Å². The van der Waals surface area contributed by atoms with Gasteiger partial charge in [-0.2, -0.15) is 0 Å². The number of oxazole rings is 1. The summed E-state index contributed by atoms with van der Waals surface area (Å²) < 4.78 is 10.8. The van der Waals surface area contributed by atoms with Crippen LogP contribution in [0.2, 0.25) is 5.02 Å². The first-order chi connectivity index (χ1) is 16.0. The number of hydrogen-bond donors (Lipinski definition) is 0. The quantitative estimate of drug-likeness (QED) is 0.486. The normalized spacial score (nSPS) is 13.8. The first-order valence-electron chi connectivity index (χ1n) is 10.9. The van der Waals surface area contributed by atoms with E-state index in [0.29, 0.717) is 67.9 Å². The van der Waals surface area contributed by atoms with Crippen LogP contribution in [-0.4, -0.2) is 59.5 Å². The molecule has 0 atom stereocenters. The van der Waals surface area contributed by atoms with E-state index >= 15 is 0 Å². The van der Waals surface area contributed by atoms with Crippen LogP contribution in [0.5, 0.6) is 0 Å². The highest BCUT2D eigenvalue weighted by Crippen LogP contribution is 2.23. The fourth-order valence-electron chi connectivity index (χ4n) is 3.64. The third kappa shape index (κ3) is 5.70. The van der Waals surface area contributed by atoms with Crippen molar-refractivity contribution in [1.29, 1.82) is 0 Å². The van der Waals surface area contributed by atoms with Crippen LogP contribution in [0.25, 0.3) is 11.3 Å². The molecule has 1 amide bonds. The average molecular weight is 469 g/mol. The fourth-order valence-corrected chi connectivity index (χ4v) is 3.76. The van der Waals surface area contributed by atoms with Gasteiger partial charge in [0.1, 0.15) is 5.82 Å². The molecule has 8 nitrogen and oxygen atoms in total. The summed E-state index contributed by atoms with van der Waals surface area (Å²) in [4.78, 5) is 37.1. The number of hydrogen-bond acceptors (Lipinski definition) is 7. The Labute approximate surface area is 197 Å². The highest BCUT2D eigenvalue weighted by atomic mass is 35.5. The summed E-state index contributed by atoms with van der Waals surface area (Å²) in [7, 11) is 0. The number of carbonyl (C=O) groups is 2. The van der Waals surface area contributed by atoms with Crippen LogP contribution in [0, 0.1) is 0 Å². The number of ether oxygens (including phenoxy) is 1. The maximum atomic E-state index is 12.7. The minimum Gasteiger partial charge on any atom is -0.462 e. The predicted molar refractivity (Wildman–Crippen MR) is 124 cm³/mol. The molecule has 4 rings (SSSR count). The van der Waals surface area contributed by atoms with E-state index < -0.39 is 0 Å². The Kier molecular flexibility index (Phi) is 7.24. The van der Waals surface area contributed by atoms with Crippen molar-refractivity contribution < 1.29 is 18.7 Å². The van der Waals surface area contributed by atoms with Crippen LogP contribution in [0.15, 0.2) is 53.2 Å². The van der Waals surface area contributed by atoms with Crippen LogP contribution in [0.3, 0.4) is 0 Å². The second kappa shape index (κ2) is 10.5. The van der Waals surface area contributed by atoms with Gasteiger partial charge >= 0.3 is 5.97 Å². The van der Waals surface area contributed by atoms with Gasteiger partial charge in [-0.1, -0.05) is 11.6 Å². The van der Waals surface area contributed by atoms with Crippen LogP contribution in [0.1, 0.15) is 29.6 Å². The largest absolute Gasteiger partial charge is 0.462 e. The Morgan fingerprint density at radius 2 is 1.79 bits per heavy atom. The average Bonchev–Trinajstić information content (AvgIpc) is 3.32. The van der Waals surface area contributed by atoms with Gasteiger partial charge < -0.3 is 19.0 Å². The minimum absolute atomic E-state index is 0.0755. The smallest absolute Gasteiger partial charge is 0.339 e. The molecule has 0 bridgehead atoms. The third-order valence-electron chi connectivity index (χ3n) is 5.45. The number of halogens is 1. The molecule has 33 heavy (non-hydrogen) atoms. The number of pyridine rings is 1. The van der Waals surface area contributed by atoms with Gasteiger partial charge in [0.25, 0.3) is 0 Å². The topological polar surface area (TPSA) is 88.8 Å². The molecule has 0 radical (unpaired) electrons. The molecular weight excluding hydrogens is 444 g/mol. The van der Waals surface area contributed by atoms with Crippen LogP contribution in [-0.2, 0) is 16.0 Å². The molecule has 0 aliphatic carbocycles. The predicted octanol–water partition coefficient (Wildman–Crippen LogP) is 3.85. The number of rotatable bonds is 7. The highest BCUT2D eigenvalue weighted by Gasteiger charge is 2.22. The van der Waals surface area contributed by atoms with Crippen molar-refractivity contribution in [3.05, 3.63) is 65.3 Å². The summed E-state index contributed by atoms with van der Waals surface area (Å²) in [5.74, 6) is 1.68. The number of benzene rings is 1. The molecule has 1 saturated heterocycles. The van der Waals surface area contributed by atoms with Crippen LogP contribution >= 0.6 is 11.6 Å². The summed E-state index contributed by atoms with van der Waals surface area (Å²) in [5.41, 5.74) is 1.32. The van der Waals surface area contributed by atoms with E-state index in [4.69, 9.17) is 20.8 Å². The van der Waals surface area contributed by atoms with Crippen molar-refractivity contribution in [3.8, 4) is 11.3 Å². The Morgan fingerprint density at radius 1 is 1.03 bits per heavy atom. The molecule has 3 aromatic rings. The number of esters is 1. The molecule has 172 valence electrons. The molecular formula is C24H25ClN4O4. The molecule has 0 saturated carbocycles. The number of aromatic nitrogens is 2. The van der Waals surface area contributed by atoms with Gasteiger partial charge in [-0.25, -0.2) is 14.8 Å². The van der Waals surface area contributed by atoms with E-state index in [1.807, 2.05) is 23.1 Å². The van der Waals surface area contributed by atoms with Crippen molar-refractivity contribution in [2.45, 2.75) is 19.8 Å². The fraction of sp³-hybridized carbons (Fsp3) is 0.333. The Hall–Kier alpha value is -3.39. The number of carbonyl (C=O) groups excluding carboxylic acids is 2. The summed E-state index contributed by atoms with van der Waals surface area (Å²) >= 11 is 5.92. The van der Waals surface area contributed by atoms with E-state index in [1.165, 1.54) is 6.20 Å². The van der Waals surface area contributed by atoms with E-state index in [1.54, 1.807) is 31.3 Å². The monoisotopic (exact) mass is 468 g/mol. The molecule has 1 aliphatic rings. The maximum absolute atomic E-state index is 12.7. The van der Waals surface area contributed by atoms with E-state index in [-0.39, 0.29) is 11.9 Å². The molecule has 1 aromatic carbocycles. The lowest BCUT2D eigenvalue weighted by atomic mass is 10.2. The van der Waals surface area contributed by atoms with Gasteiger partial charge in [0.15, 0.2) is 11.7 Å². The Morgan fingerprint density at radius 3 is 2.45 bits per heavy atom. The van der Waals surface area contributed by atoms with E-state index in [9.17, 15) is 9.59 Å². The lowest BCUT2D eigenvalue weighted by molar-refractivity contribution is -0.131. The zero-order valence-electron chi connectivity index (χ0n) is 18.4. The summed E-state index contributed by atoms with van der Waals surface area (Å²) in [5, 5.41) is 0.661. The van der Waals surface area contributed by atoms with Crippen molar-refractivity contribution in [3.63, 3.8) is 0 Å². The van der Waals surface area contributed by atoms with E-state index in [2.05, 4.69) is 14.9 Å². The number of aryl methyl sites for hydroxylation is 1. The number of anilines is 1. The first kappa shape index (κ1) is 22.8. The Balaban J connectivity index is 1.25. The van der Waals surface area contributed by atoms with Crippen LogP contribution < -0.4 is 4.90 Å². The standard InChI is InChI=1S/C24H25ClN4O4/c1-2-32-24(31)18-5-8-21(26-15-18)28-11-13-29(14-12-28)23(30)10-9-22-27-16-20(33-22)17-3-6-19(25)7-4-17/h3-8,15-16H,2,9-14H2,1H3. The maximum Gasteiger partial charge on any atom is 0.339 e. The molecule has 3 heterocycles. The lowest BCUT2D eigenvalue weighted by Crippen LogP contribution is -2.49. The molecule has 1 fully saturated rings. The molecule has 2 aromatic heterocycles. The van der Waals surface area contributed by atoms with Crippen molar-refractivity contribution in [2.24, 2.45) is 0 Å². The molecule has 0 N–H and O–H groups in total. The Bertz CT molecular complexity index is 1090. The number of nitrogens with zero attached hydrogens (tertiary/aromatic N) is 4. The zero-order valence-corrected chi connectivity index (χ0v) is 19.1. The second-order valence-electron chi connectivity index (χ2n) is 7.62.